The predicted octanol–water partition coefficient (Wildman–Crippen LogP) is 5.81. The van der Waals surface area contributed by atoms with Crippen molar-refractivity contribution in [3.8, 4) is 10.4 Å². The van der Waals surface area contributed by atoms with Crippen molar-refractivity contribution in [2.45, 2.75) is 50.9 Å². The molecule has 4 N–H and O–H groups in total. The van der Waals surface area contributed by atoms with Crippen molar-refractivity contribution in [2.24, 2.45) is 11.8 Å². The molecule has 3 aromatic heterocycles. The first kappa shape index (κ1) is 26.1. The van der Waals surface area contributed by atoms with Crippen LogP contribution in [0.5, 0.6) is 0 Å². The van der Waals surface area contributed by atoms with E-state index in [2.05, 4.69) is 25.3 Å². The second-order valence-electron chi connectivity index (χ2n) is 9.76. The highest BCUT2D eigenvalue weighted by atomic mass is 32.1. The van der Waals surface area contributed by atoms with Crippen molar-refractivity contribution in [2.75, 3.05) is 5.32 Å². The number of aromatic nitrogens is 4. The number of hydrogen-bond acceptors (Lipinski definition) is 7. The smallest absolute Gasteiger partial charge is 0.433 e. The third kappa shape index (κ3) is 5.23. The molecule has 0 amide bonds. The lowest BCUT2D eigenvalue weighted by molar-refractivity contribution is -0.144. The molecule has 1 unspecified atom stereocenters. The van der Waals surface area contributed by atoms with Gasteiger partial charge >= 0.3 is 12.1 Å². The number of carbonyl (C=O) groups is 1. The minimum absolute atomic E-state index is 0.0593. The van der Waals surface area contributed by atoms with Crippen molar-refractivity contribution in [1.29, 1.82) is 0 Å². The van der Waals surface area contributed by atoms with E-state index in [0.29, 0.717) is 30.7 Å². The van der Waals surface area contributed by atoms with Crippen molar-refractivity contribution < 1.29 is 28.2 Å². The molecule has 0 spiro atoms. The van der Waals surface area contributed by atoms with Gasteiger partial charge in [0.1, 0.15) is 16.3 Å². The molecule has 38 heavy (non-hydrogen) atoms. The highest BCUT2D eigenvalue weighted by Gasteiger charge is 2.40. The van der Waals surface area contributed by atoms with Crippen LogP contribution < -0.4 is 5.32 Å². The van der Waals surface area contributed by atoms with Crippen LogP contribution in [0.15, 0.2) is 42.9 Å². The summed E-state index contributed by atoms with van der Waals surface area (Å²) in [6, 6.07) is 6.53. The van der Waals surface area contributed by atoms with Crippen molar-refractivity contribution in [3.05, 3.63) is 59.1 Å². The molecule has 0 bridgehead atoms. The maximum atomic E-state index is 12.9. The number of anilines is 1. The Hall–Kier alpha value is -3.51. The van der Waals surface area contributed by atoms with E-state index in [1.54, 1.807) is 13.1 Å². The van der Waals surface area contributed by atoms with E-state index < -0.39 is 23.4 Å². The summed E-state index contributed by atoms with van der Waals surface area (Å²) in [4.78, 5) is 27.3. The number of halogens is 3. The van der Waals surface area contributed by atoms with Crippen LogP contribution >= 0.6 is 11.3 Å². The molecule has 0 aliphatic heterocycles. The molecular weight excluding hydrogens is 519 g/mol. The Balaban J connectivity index is 1.29. The Kier molecular flexibility index (Phi) is 6.86. The lowest BCUT2D eigenvalue weighted by atomic mass is 9.74. The number of thiazole rings is 1. The average Bonchev–Trinajstić information content (AvgIpc) is 3.55. The molecule has 1 fully saturated rings. The summed E-state index contributed by atoms with van der Waals surface area (Å²) in [5.41, 5.74) is 0.447. The molecule has 0 saturated heterocycles. The number of fused-ring (bicyclic) bond motifs is 1. The largest absolute Gasteiger partial charge is 0.481 e. The summed E-state index contributed by atoms with van der Waals surface area (Å²) in [6.45, 7) is 1.99. The first-order valence-corrected chi connectivity index (χ1v) is 13.0. The number of aliphatic hydroxyl groups is 1. The number of benzene rings is 1. The summed E-state index contributed by atoms with van der Waals surface area (Å²) in [5.74, 6) is -1.29. The van der Waals surface area contributed by atoms with Crippen molar-refractivity contribution >= 4 is 34.2 Å². The Bertz CT molecular complexity index is 1460. The minimum atomic E-state index is -4.54. The molecule has 200 valence electrons. The molecule has 8 nitrogen and oxygen atoms in total. The standard InChI is InChI=1S/C26H26F3N5O3S/c1-25(37,16-5-3-15(4-6-16)22(35)36)23-32-13-20(38-23)18-12-31-19-10-14(2-7-17(18)19)11-33-24-30-9-8-21(34-24)26(27,28)29/h2,7-10,12-13,15-16,31,37H,3-6,11H2,1H3,(H,35,36)(H,30,33,34). The van der Waals surface area contributed by atoms with Gasteiger partial charge in [0, 0.05) is 41.6 Å². The van der Waals surface area contributed by atoms with Gasteiger partial charge in [0.15, 0.2) is 0 Å². The van der Waals surface area contributed by atoms with E-state index in [-0.39, 0.29) is 24.3 Å². The minimum Gasteiger partial charge on any atom is -0.481 e. The third-order valence-corrected chi connectivity index (χ3v) is 8.48. The van der Waals surface area contributed by atoms with Gasteiger partial charge in [-0.25, -0.2) is 15.0 Å². The van der Waals surface area contributed by atoms with Crippen LogP contribution in [0.25, 0.3) is 21.3 Å². The van der Waals surface area contributed by atoms with Crippen LogP contribution in [0, 0.1) is 11.8 Å². The van der Waals surface area contributed by atoms with Crippen LogP contribution in [-0.2, 0) is 23.1 Å². The van der Waals surface area contributed by atoms with Gasteiger partial charge in [-0.15, -0.1) is 11.3 Å². The van der Waals surface area contributed by atoms with Gasteiger partial charge in [0.2, 0.25) is 5.95 Å². The zero-order valence-corrected chi connectivity index (χ0v) is 21.2. The first-order chi connectivity index (χ1) is 18.0. The molecule has 1 aliphatic carbocycles. The highest BCUT2D eigenvalue weighted by molar-refractivity contribution is 7.15. The van der Waals surface area contributed by atoms with Gasteiger partial charge in [-0.2, -0.15) is 13.2 Å². The SMILES string of the molecule is CC(O)(c1ncc(-c2c[nH]c3cc(CNc4nccc(C(F)(F)F)n4)ccc23)s1)C1CCC(C(=O)O)CC1. The molecule has 1 atom stereocenters. The van der Waals surface area contributed by atoms with Gasteiger partial charge < -0.3 is 20.5 Å². The zero-order chi connectivity index (χ0) is 27.1. The number of aliphatic carboxylic acids is 1. The normalized spacial score (nSPS) is 19.8. The maximum absolute atomic E-state index is 12.9. The van der Waals surface area contributed by atoms with Gasteiger partial charge in [-0.05, 0) is 56.2 Å². The summed E-state index contributed by atoms with van der Waals surface area (Å²) in [6.07, 6.45) is 2.50. The average molecular weight is 546 g/mol. The molecule has 4 aromatic rings. The van der Waals surface area contributed by atoms with Crippen LogP contribution in [-0.4, -0.2) is 36.1 Å². The van der Waals surface area contributed by atoms with Crippen LogP contribution in [0.1, 0.15) is 48.9 Å². The third-order valence-electron chi connectivity index (χ3n) is 7.22. The fraction of sp³-hybridized carbons (Fsp3) is 0.385. The van der Waals surface area contributed by atoms with Gasteiger partial charge in [-0.1, -0.05) is 12.1 Å². The number of aromatic amines is 1. The molecule has 12 heteroatoms. The van der Waals surface area contributed by atoms with Crippen LogP contribution in [0.4, 0.5) is 19.1 Å². The number of hydrogen-bond donors (Lipinski definition) is 4. The van der Waals surface area contributed by atoms with Crippen molar-refractivity contribution in [3.63, 3.8) is 0 Å². The molecule has 0 radical (unpaired) electrons. The molecule has 3 heterocycles. The second kappa shape index (κ2) is 9.99. The number of nitrogens with zero attached hydrogens (tertiary/aromatic N) is 3. The first-order valence-electron chi connectivity index (χ1n) is 12.2. The predicted molar refractivity (Wildman–Crippen MR) is 136 cm³/mol. The van der Waals surface area contributed by atoms with E-state index in [1.165, 1.54) is 11.3 Å². The number of H-pyrrole nitrogens is 1. The van der Waals surface area contributed by atoms with Gasteiger partial charge in [0.25, 0.3) is 0 Å². The summed E-state index contributed by atoms with van der Waals surface area (Å²) in [7, 11) is 0. The second-order valence-corrected chi connectivity index (χ2v) is 10.8. The topological polar surface area (TPSA) is 124 Å². The van der Waals surface area contributed by atoms with Gasteiger partial charge in [-0.3, -0.25) is 4.79 Å². The Morgan fingerprint density at radius 1 is 1.18 bits per heavy atom. The number of alkyl halides is 3. The highest BCUT2D eigenvalue weighted by Crippen LogP contribution is 2.44. The number of rotatable bonds is 7. The number of nitrogens with one attached hydrogen (secondary N) is 2. The van der Waals surface area contributed by atoms with Crippen LogP contribution in [0.3, 0.4) is 0 Å². The zero-order valence-electron chi connectivity index (χ0n) is 20.4. The van der Waals surface area contributed by atoms with Crippen LogP contribution in [0.2, 0.25) is 0 Å². The molecule has 1 aliphatic rings. The quantitative estimate of drug-likeness (QED) is 0.231. The molecule has 1 saturated carbocycles. The molecular formula is C26H26F3N5O3S. The Morgan fingerprint density at radius 2 is 1.95 bits per heavy atom. The summed E-state index contributed by atoms with van der Waals surface area (Å²) in [5, 5.41) is 25.0. The molecule has 5 rings (SSSR count). The molecule has 1 aromatic carbocycles. The van der Waals surface area contributed by atoms with E-state index in [9.17, 15) is 28.2 Å². The fourth-order valence-corrected chi connectivity index (χ4v) is 6.05. The summed E-state index contributed by atoms with van der Waals surface area (Å²) < 4.78 is 38.7. The lowest BCUT2D eigenvalue weighted by Crippen LogP contribution is -2.35. The van der Waals surface area contributed by atoms with E-state index in [0.717, 1.165) is 39.2 Å². The van der Waals surface area contributed by atoms with Gasteiger partial charge in [0.05, 0.1) is 10.8 Å². The lowest BCUT2D eigenvalue weighted by Gasteiger charge is -2.35. The summed E-state index contributed by atoms with van der Waals surface area (Å²) >= 11 is 1.41. The van der Waals surface area contributed by atoms with Crippen molar-refractivity contribution in [1.82, 2.24) is 19.9 Å². The Labute approximate surface area is 220 Å². The number of carboxylic acids is 1. The maximum Gasteiger partial charge on any atom is 0.433 e. The van der Waals surface area contributed by atoms with E-state index >= 15 is 0 Å². The van der Waals surface area contributed by atoms with E-state index in [4.69, 9.17) is 0 Å². The monoisotopic (exact) mass is 545 g/mol. The number of carboxylic acid groups (broad SMARTS) is 1. The van der Waals surface area contributed by atoms with E-state index in [1.807, 2.05) is 24.4 Å². The Morgan fingerprint density at radius 3 is 2.66 bits per heavy atom. The fourth-order valence-electron chi connectivity index (χ4n) is 4.98.